The summed E-state index contributed by atoms with van der Waals surface area (Å²) in [5.74, 6) is -0.402. The predicted molar refractivity (Wildman–Crippen MR) is 135 cm³/mol. The zero-order valence-corrected chi connectivity index (χ0v) is 20.8. The predicted octanol–water partition coefficient (Wildman–Crippen LogP) is 4.19. The molecule has 0 aliphatic carbocycles. The van der Waals surface area contributed by atoms with Gasteiger partial charge in [0.25, 0.3) is 5.91 Å². The third-order valence-electron chi connectivity index (χ3n) is 5.51. The lowest BCUT2D eigenvalue weighted by Crippen LogP contribution is -2.30. The Labute approximate surface area is 206 Å². The third-order valence-corrected chi connectivity index (χ3v) is 7.57. The first-order chi connectivity index (χ1) is 16.8. The minimum atomic E-state index is -3.51. The third kappa shape index (κ3) is 7.24. The highest BCUT2D eigenvalue weighted by atomic mass is 32.2. The van der Waals surface area contributed by atoms with Crippen molar-refractivity contribution in [3.8, 4) is 5.75 Å². The lowest BCUT2D eigenvalue weighted by Gasteiger charge is -2.18. The topological polar surface area (TPSA) is 92.8 Å². The Balaban J connectivity index is 1.53. The number of amides is 1. The molecule has 8 heteroatoms. The first kappa shape index (κ1) is 26.1. The normalized spacial score (nSPS) is 11.3. The van der Waals surface area contributed by atoms with Crippen molar-refractivity contribution in [2.75, 3.05) is 13.1 Å². The minimum absolute atomic E-state index is 0.118. The molecule has 184 valence electrons. The maximum absolute atomic E-state index is 12.6. The van der Waals surface area contributed by atoms with E-state index in [0.717, 1.165) is 11.1 Å². The minimum Gasteiger partial charge on any atom is -0.426 e. The SMILES string of the molecule is CCN(CC)S(=O)(=O)c1ccc(CCC(=O)Oc2cccc(C(=O)NCc3ccccc3)c2)cc1. The monoisotopic (exact) mass is 494 g/mol. The van der Waals surface area contributed by atoms with Crippen molar-refractivity contribution in [3.05, 3.63) is 95.6 Å². The molecule has 3 rings (SSSR count). The number of carbonyl (C=O) groups excluding carboxylic acids is 2. The molecule has 35 heavy (non-hydrogen) atoms. The number of benzene rings is 3. The number of hydrogen-bond acceptors (Lipinski definition) is 5. The molecule has 3 aromatic carbocycles. The van der Waals surface area contributed by atoms with Crippen LogP contribution in [0.25, 0.3) is 0 Å². The van der Waals surface area contributed by atoms with Crippen LogP contribution in [-0.4, -0.2) is 37.7 Å². The van der Waals surface area contributed by atoms with E-state index in [4.69, 9.17) is 4.74 Å². The number of rotatable bonds is 11. The average Bonchev–Trinajstić information content (AvgIpc) is 2.87. The molecule has 0 bridgehead atoms. The Morgan fingerprint density at radius 1 is 0.857 bits per heavy atom. The molecule has 0 heterocycles. The number of ether oxygens (including phenoxy) is 1. The number of hydrogen-bond donors (Lipinski definition) is 1. The van der Waals surface area contributed by atoms with E-state index in [9.17, 15) is 18.0 Å². The second kappa shape index (κ2) is 12.3. The van der Waals surface area contributed by atoms with Crippen LogP contribution in [0.1, 0.15) is 41.8 Å². The van der Waals surface area contributed by atoms with E-state index in [2.05, 4.69) is 5.32 Å². The molecule has 0 atom stereocenters. The van der Waals surface area contributed by atoms with Crippen molar-refractivity contribution in [1.29, 1.82) is 0 Å². The molecular weight excluding hydrogens is 464 g/mol. The van der Waals surface area contributed by atoms with Crippen LogP contribution < -0.4 is 10.1 Å². The molecule has 0 spiro atoms. The Bertz CT molecular complexity index is 1240. The van der Waals surface area contributed by atoms with Crippen LogP contribution >= 0.6 is 0 Å². The summed E-state index contributed by atoms with van der Waals surface area (Å²) in [6, 6.07) is 22.6. The first-order valence-electron chi connectivity index (χ1n) is 11.6. The van der Waals surface area contributed by atoms with Gasteiger partial charge in [0, 0.05) is 31.6 Å². The van der Waals surface area contributed by atoms with Crippen molar-refractivity contribution in [2.24, 2.45) is 0 Å². The van der Waals surface area contributed by atoms with Crippen LogP contribution in [0.5, 0.6) is 5.75 Å². The van der Waals surface area contributed by atoms with Gasteiger partial charge in [-0.2, -0.15) is 4.31 Å². The molecule has 0 radical (unpaired) electrons. The molecular formula is C27H30N2O5S. The lowest BCUT2D eigenvalue weighted by molar-refractivity contribution is -0.134. The van der Waals surface area contributed by atoms with Crippen LogP contribution in [0.15, 0.2) is 83.8 Å². The average molecular weight is 495 g/mol. The van der Waals surface area contributed by atoms with Gasteiger partial charge in [-0.3, -0.25) is 9.59 Å². The zero-order valence-electron chi connectivity index (χ0n) is 19.9. The number of esters is 1. The van der Waals surface area contributed by atoms with E-state index in [-0.39, 0.29) is 17.2 Å². The number of carbonyl (C=O) groups is 2. The molecule has 0 saturated heterocycles. The van der Waals surface area contributed by atoms with Gasteiger partial charge in [-0.25, -0.2) is 8.42 Å². The standard InChI is InChI=1S/C27H30N2O5S/c1-3-29(4-2)35(32,33)25-16-13-21(14-17-25)15-18-26(30)34-24-12-8-11-23(19-24)27(31)28-20-22-9-6-5-7-10-22/h5-14,16-17,19H,3-4,15,18,20H2,1-2H3,(H,28,31). The number of nitrogens with zero attached hydrogens (tertiary/aromatic N) is 1. The maximum Gasteiger partial charge on any atom is 0.311 e. The Morgan fingerprint density at radius 3 is 2.20 bits per heavy atom. The van der Waals surface area contributed by atoms with Gasteiger partial charge in [0.1, 0.15) is 5.75 Å². The Hall–Kier alpha value is -3.49. The summed E-state index contributed by atoms with van der Waals surface area (Å²) in [5.41, 5.74) is 2.22. The van der Waals surface area contributed by atoms with E-state index >= 15 is 0 Å². The summed E-state index contributed by atoms with van der Waals surface area (Å²) < 4.78 is 32.0. The van der Waals surface area contributed by atoms with Gasteiger partial charge >= 0.3 is 5.97 Å². The summed E-state index contributed by atoms with van der Waals surface area (Å²) in [6.07, 6.45) is 0.522. The highest BCUT2D eigenvalue weighted by Crippen LogP contribution is 2.18. The van der Waals surface area contributed by atoms with Gasteiger partial charge in [0.2, 0.25) is 10.0 Å². The highest BCUT2D eigenvalue weighted by Gasteiger charge is 2.21. The molecule has 0 saturated carbocycles. The molecule has 1 N–H and O–H groups in total. The Morgan fingerprint density at radius 2 is 1.54 bits per heavy atom. The summed E-state index contributed by atoms with van der Waals surface area (Å²) in [4.78, 5) is 25.0. The summed E-state index contributed by atoms with van der Waals surface area (Å²) in [7, 11) is -3.51. The summed E-state index contributed by atoms with van der Waals surface area (Å²) in [5, 5.41) is 2.85. The number of aryl methyl sites for hydroxylation is 1. The van der Waals surface area contributed by atoms with E-state index < -0.39 is 16.0 Å². The maximum atomic E-state index is 12.6. The van der Waals surface area contributed by atoms with Crippen molar-refractivity contribution in [1.82, 2.24) is 9.62 Å². The van der Waals surface area contributed by atoms with Gasteiger partial charge in [0.15, 0.2) is 0 Å². The first-order valence-corrected chi connectivity index (χ1v) is 13.0. The lowest BCUT2D eigenvalue weighted by atomic mass is 10.1. The molecule has 0 aliphatic rings. The van der Waals surface area contributed by atoms with Crippen molar-refractivity contribution in [2.45, 2.75) is 38.1 Å². The molecule has 3 aromatic rings. The Kier molecular flexibility index (Phi) is 9.17. The van der Waals surface area contributed by atoms with E-state index in [1.807, 2.05) is 30.3 Å². The fourth-order valence-electron chi connectivity index (χ4n) is 3.55. The molecule has 0 unspecified atom stereocenters. The van der Waals surface area contributed by atoms with Gasteiger partial charge in [-0.15, -0.1) is 0 Å². The molecule has 0 aromatic heterocycles. The molecule has 0 fully saturated rings. The van der Waals surface area contributed by atoms with Gasteiger partial charge in [-0.05, 0) is 47.9 Å². The molecule has 1 amide bonds. The van der Waals surface area contributed by atoms with Crippen molar-refractivity contribution >= 4 is 21.9 Å². The second-order valence-electron chi connectivity index (χ2n) is 7.90. The van der Waals surface area contributed by atoms with E-state index in [1.165, 1.54) is 10.4 Å². The highest BCUT2D eigenvalue weighted by molar-refractivity contribution is 7.89. The van der Waals surface area contributed by atoms with Crippen molar-refractivity contribution in [3.63, 3.8) is 0 Å². The molecule has 0 aliphatic heterocycles. The number of nitrogens with one attached hydrogen (secondary N) is 1. The largest absolute Gasteiger partial charge is 0.426 e. The number of sulfonamides is 1. The van der Waals surface area contributed by atoms with Crippen LogP contribution in [0.3, 0.4) is 0 Å². The smallest absolute Gasteiger partial charge is 0.311 e. The quantitative estimate of drug-likeness (QED) is 0.319. The molecule has 7 nitrogen and oxygen atoms in total. The zero-order chi connectivity index (χ0) is 25.3. The van der Waals surface area contributed by atoms with Gasteiger partial charge in [-0.1, -0.05) is 62.4 Å². The van der Waals surface area contributed by atoms with Crippen LogP contribution in [0.4, 0.5) is 0 Å². The summed E-state index contributed by atoms with van der Waals surface area (Å²) >= 11 is 0. The van der Waals surface area contributed by atoms with Gasteiger partial charge < -0.3 is 10.1 Å². The second-order valence-corrected chi connectivity index (χ2v) is 9.84. The van der Waals surface area contributed by atoms with E-state index in [1.54, 1.807) is 56.3 Å². The van der Waals surface area contributed by atoms with Crippen molar-refractivity contribution < 1.29 is 22.7 Å². The fourth-order valence-corrected chi connectivity index (χ4v) is 5.01. The van der Waals surface area contributed by atoms with Crippen LogP contribution in [0.2, 0.25) is 0 Å². The van der Waals surface area contributed by atoms with E-state index in [0.29, 0.717) is 37.4 Å². The van der Waals surface area contributed by atoms with Crippen LogP contribution in [0, 0.1) is 0 Å². The fraction of sp³-hybridized carbons (Fsp3) is 0.259. The van der Waals surface area contributed by atoms with Gasteiger partial charge in [0.05, 0.1) is 4.90 Å². The van der Waals surface area contributed by atoms with Crippen LogP contribution in [-0.2, 0) is 27.8 Å². The summed E-state index contributed by atoms with van der Waals surface area (Å²) in [6.45, 7) is 4.81.